The van der Waals surface area contributed by atoms with Crippen molar-refractivity contribution in [1.82, 2.24) is 4.57 Å². The van der Waals surface area contributed by atoms with Crippen molar-refractivity contribution >= 4 is 22.5 Å². The highest BCUT2D eigenvalue weighted by Crippen LogP contribution is 2.30. The monoisotopic (exact) mass is 181 g/mol. The first-order valence-corrected chi connectivity index (χ1v) is 4.00. The Labute approximate surface area is 75.0 Å². The molecule has 1 aromatic carbocycles. The van der Waals surface area contributed by atoms with Crippen LogP contribution in [0.1, 0.15) is 0 Å². The quantitative estimate of drug-likeness (QED) is 0.664. The van der Waals surface area contributed by atoms with Gasteiger partial charge in [0.25, 0.3) is 0 Å². The van der Waals surface area contributed by atoms with Crippen LogP contribution in [0.4, 0.5) is 0 Å². The molecule has 0 spiro atoms. The molecule has 0 unspecified atom stereocenters. The summed E-state index contributed by atoms with van der Waals surface area (Å²) in [4.78, 5) is 0. The fourth-order valence-electron chi connectivity index (χ4n) is 1.35. The van der Waals surface area contributed by atoms with Gasteiger partial charge in [-0.3, -0.25) is 0 Å². The molecule has 3 heteroatoms. The zero-order valence-electron chi connectivity index (χ0n) is 6.58. The van der Waals surface area contributed by atoms with Gasteiger partial charge in [-0.25, -0.2) is 0 Å². The number of fused-ring (bicyclic) bond motifs is 1. The van der Waals surface area contributed by atoms with E-state index in [-0.39, 0.29) is 5.75 Å². The van der Waals surface area contributed by atoms with E-state index in [1.165, 1.54) is 0 Å². The zero-order chi connectivity index (χ0) is 8.72. The highest BCUT2D eigenvalue weighted by molar-refractivity contribution is 6.35. The Kier molecular flexibility index (Phi) is 1.51. The van der Waals surface area contributed by atoms with Crippen LogP contribution in [0.5, 0.6) is 5.75 Å². The average Bonchev–Trinajstić information content (AvgIpc) is 2.42. The number of nitrogens with zero attached hydrogens (tertiary/aromatic N) is 1. The predicted molar refractivity (Wildman–Crippen MR) is 49.6 cm³/mol. The number of aromatic nitrogens is 1. The lowest BCUT2D eigenvalue weighted by atomic mass is 10.2. The van der Waals surface area contributed by atoms with Gasteiger partial charge in [0.1, 0.15) is 5.75 Å². The summed E-state index contributed by atoms with van der Waals surface area (Å²) in [5, 5.41) is 10.9. The summed E-state index contributed by atoms with van der Waals surface area (Å²) in [7, 11) is 1.90. The van der Waals surface area contributed by atoms with Crippen LogP contribution in [0.25, 0.3) is 10.9 Å². The lowest BCUT2D eigenvalue weighted by molar-refractivity contribution is 0.481. The van der Waals surface area contributed by atoms with Crippen molar-refractivity contribution in [3.63, 3.8) is 0 Å². The molecule has 12 heavy (non-hydrogen) atoms. The summed E-state index contributed by atoms with van der Waals surface area (Å²) in [6, 6.07) is 5.14. The van der Waals surface area contributed by atoms with E-state index in [2.05, 4.69) is 0 Å². The molecule has 1 heterocycles. The van der Waals surface area contributed by atoms with E-state index in [1.54, 1.807) is 12.1 Å². The molecule has 0 saturated heterocycles. The predicted octanol–water partition coefficient (Wildman–Crippen LogP) is 2.54. The summed E-state index contributed by atoms with van der Waals surface area (Å²) in [5.74, 6) is 0.273. The van der Waals surface area contributed by atoms with Gasteiger partial charge in [-0.05, 0) is 18.2 Å². The van der Waals surface area contributed by atoms with Gasteiger partial charge in [-0.1, -0.05) is 11.6 Å². The van der Waals surface area contributed by atoms with E-state index in [4.69, 9.17) is 11.6 Å². The number of aryl methyl sites for hydroxylation is 1. The zero-order valence-corrected chi connectivity index (χ0v) is 7.34. The summed E-state index contributed by atoms with van der Waals surface area (Å²) >= 11 is 5.94. The molecular weight excluding hydrogens is 174 g/mol. The van der Waals surface area contributed by atoms with Gasteiger partial charge in [0.2, 0.25) is 0 Å². The summed E-state index contributed by atoms with van der Waals surface area (Å²) in [6.45, 7) is 0. The molecule has 0 fully saturated rings. The largest absolute Gasteiger partial charge is 0.507 e. The SMILES string of the molecule is Cn1ccc2c(O)ccc(Cl)c21. The number of rotatable bonds is 0. The smallest absolute Gasteiger partial charge is 0.125 e. The fourth-order valence-corrected chi connectivity index (χ4v) is 1.65. The molecule has 62 valence electrons. The molecule has 1 aromatic heterocycles. The molecule has 0 amide bonds. The standard InChI is InChI=1S/C9H8ClNO/c1-11-5-4-6-8(12)3-2-7(10)9(6)11/h2-5,12H,1H3. The van der Waals surface area contributed by atoms with E-state index in [1.807, 2.05) is 23.9 Å². The van der Waals surface area contributed by atoms with Crippen molar-refractivity contribution < 1.29 is 5.11 Å². The first-order valence-electron chi connectivity index (χ1n) is 3.62. The van der Waals surface area contributed by atoms with Crippen molar-refractivity contribution in [1.29, 1.82) is 0 Å². The van der Waals surface area contributed by atoms with Crippen LogP contribution < -0.4 is 0 Å². The maximum absolute atomic E-state index is 9.44. The molecule has 2 nitrogen and oxygen atoms in total. The molecule has 0 aliphatic carbocycles. The molecule has 0 radical (unpaired) electrons. The van der Waals surface area contributed by atoms with Gasteiger partial charge in [0, 0.05) is 18.6 Å². The van der Waals surface area contributed by atoms with E-state index in [9.17, 15) is 5.11 Å². The third kappa shape index (κ3) is 0.883. The molecule has 0 aliphatic rings. The molecule has 0 atom stereocenters. The molecular formula is C9H8ClNO. The number of hydrogen-bond acceptors (Lipinski definition) is 1. The Morgan fingerprint density at radius 2 is 2.08 bits per heavy atom. The number of phenolic OH excluding ortho intramolecular Hbond substituents is 1. The third-order valence-electron chi connectivity index (χ3n) is 1.96. The minimum Gasteiger partial charge on any atom is -0.507 e. The van der Waals surface area contributed by atoms with Crippen LogP contribution in [-0.4, -0.2) is 9.67 Å². The maximum Gasteiger partial charge on any atom is 0.125 e. The Morgan fingerprint density at radius 3 is 2.75 bits per heavy atom. The number of hydrogen-bond donors (Lipinski definition) is 1. The Balaban J connectivity index is 2.98. The second-order valence-corrected chi connectivity index (χ2v) is 3.16. The molecule has 1 N–H and O–H groups in total. The molecule has 2 rings (SSSR count). The summed E-state index contributed by atoms with van der Waals surface area (Å²) in [5.41, 5.74) is 0.872. The Morgan fingerprint density at radius 1 is 1.33 bits per heavy atom. The van der Waals surface area contributed by atoms with E-state index >= 15 is 0 Å². The van der Waals surface area contributed by atoms with Crippen molar-refractivity contribution in [2.45, 2.75) is 0 Å². The average molecular weight is 182 g/mol. The second kappa shape index (κ2) is 2.42. The highest BCUT2D eigenvalue weighted by Gasteiger charge is 2.05. The number of aromatic hydroxyl groups is 1. The number of halogens is 1. The van der Waals surface area contributed by atoms with Gasteiger partial charge in [-0.15, -0.1) is 0 Å². The van der Waals surface area contributed by atoms with E-state index < -0.39 is 0 Å². The lowest BCUT2D eigenvalue weighted by Crippen LogP contribution is -1.84. The fraction of sp³-hybridized carbons (Fsp3) is 0.111. The van der Waals surface area contributed by atoms with Gasteiger partial charge < -0.3 is 9.67 Å². The van der Waals surface area contributed by atoms with Crippen molar-refractivity contribution in [2.75, 3.05) is 0 Å². The van der Waals surface area contributed by atoms with Gasteiger partial charge in [-0.2, -0.15) is 0 Å². The maximum atomic E-state index is 9.44. The van der Waals surface area contributed by atoms with Crippen LogP contribution in [0.2, 0.25) is 5.02 Å². The minimum atomic E-state index is 0.273. The normalized spacial score (nSPS) is 10.8. The van der Waals surface area contributed by atoms with Gasteiger partial charge >= 0.3 is 0 Å². The molecule has 0 aliphatic heterocycles. The molecule has 0 bridgehead atoms. The summed E-state index contributed by atoms with van der Waals surface area (Å²) < 4.78 is 1.89. The number of phenols is 1. The van der Waals surface area contributed by atoms with Crippen LogP contribution in [0.15, 0.2) is 24.4 Å². The summed E-state index contributed by atoms with van der Waals surface area (Å²) in [6.07, 6.45) is 1.87. The first-order chi connectivity index (χ1) is 5.70. The van der Waals surface area contributed by atoms with Crippen molar-refractivity contribution in [3.05, 3.63) is 29.4 Å². The molecule has 0 saturated carbocycles. The highest BCUT2D eigenvalue weighted by atomic mass is 35.5. The Hall–Kier alpha value is -1.15. The topological polar surface area (TPSA) is 25.2 Å². The minimum absolute atomic E-state index is 0.273. The van der Waals surface area contributed by atoms with Crippen molar-refractivity contribution in [3.8, 4) is 5.75 Å². The van der Waals surface area contributed by atoms with Gasteiger partial charge in [0.05, 0.1) is 10.5 Å². The molecule has 2 aromatic rings. The van der Waals surface area contributed by atoms with Gasteiger partial charge in [0.15, 0.2) is 0 Å². The Bertz CT molecular complexity index is 433. The first kappa shape index (κ1) is 7.50. The van der Waals surface area contributed by atoms with Crippen LogP contribution in [-0.2, 0) is 7.05 Å². The number of benzene rings is 1. The van der Waals surface area contributed by atoms with Crippen LogP contribution in [0.3, 0.4) is 0 Å². The van der Waals surface area contributed by atoms with Crippen molar-refractivity contribution in [2.24, 2.45) is 7.05 Å². The van der Waals surface area contributed by atoms with E-state index in [0.29, 0.717) is 5.02 Å². The second-order valence-electron chi connectivity index (χ2n) is 2.76. The van der Waals surface area contributed by atoms with Crippen LogP contribution in [0, 0.1) is 0 Å². The third-order valence-corrected chi connectivity index (χ3v) is 2.27. The van der Waals surface area contributed by atoms with E-state index in [0.717, 1.165) is 10.9 Å². The lowest BCUT2D eigenvalue weighted by Gasteiger charge is -2.00. The van der Waals surface area contributed by atoms with Crippen LogP contribution >= 0.6 is 11.6 Å².